The van der Waals surface area contributed by atoms with Gasteiger partial charge in [0.2, 0.25) is 0 Å². The molecule has 2 heterocycles. The second-order valence-corrected chi connectivity index (χ2v) is 7.85. The molecule has 2 aromatic rings. The van der Waals surface area contributed by atoms with Crippen molar-refractivity contribution in [3.8, 4) is 0 Å². The minimum atomic E-state index is -0.357. The highest BCUT2D eigenvalue weighted by molar-refractivity contribution is 5.97. The van der Waals surface area contributed by atoms with Crippen LogP contribution >= 0.6 is 0 Å². The highest BCUT2D eigenvalue weighted by Crippen LogP contribution is 2.29. The van der Waals surface area contributed by atoms with Gasteiger partial charge in [-0.05, 0) is 49.5 Å². The lowest BCUT2D eigenvalue weighted by atomic mass is 9.83. The number of pyridine rings is 1. The van der Waals surface area contributed by atoms with Crippen LogP contribution in [0.15, 0.2) is 47.4 Å². The van der Waals surface area contributed by atoms with E-state index in [1.54, 1.807) is 19.3 Å². The van der Waals surface area contributed by atoms with Crippen LogP contribution in [0.4, 0.5) is 0 Å². The molecule has 0 radical (unpaired) electrons. The molecule has 0 bridgehead atoms. The van der Waals surface area contributed by atoms with Gasteiger partial charge in [0.1, 0.15) is 0 Å². The predicted molar refractivity (Wildman–Crippen MR) is 104 cm³/mol. The number of hydrogen-bond donors (Lipinski definition) is 1. The first kappa shape index (κ1) is 18.1. The zero-order valence-corrected chi connectivity index (χ0v) is 15.7. The second kappa shape index (κ2) is 7.41. The third-order valence-electron chi connectivity index (χ3n) is 6.18. The van der Waals surface area contributed by atoms with E-state index in [0.717, 1.165) is 32.4 Å². The number of fused-ring (bicyclic) bond motifs is 1. The number of carbonyl (C=O) groups is 1. The van der Waals surface area contributed by atoms with E-state index in [0.29, 0.717) is 12.0 Å². The molecule has 1 fully saturated rings. The van der Waals surface area contributed by atoms with Crippen LogP contribution in [0.3, 0.4) is 0 Å². The number of rotatable bonds is 3. The minimum Gasteiger partial charge on any atom is -0.391 e. The van der Waals surface area contributed by atoms with Crippen LogP contribution in [0.2, 0.25) is 0 Å². The van der Waals surface area contributed by atoms with Gasteiger partial charge >= 0.3 is 0 Å². The van der Waals surface area contributed by atoms with Gasteiger partial charge in [0.15, 0.2) is 5.78 Å². The first-order valence-corrected chi connectivity index (χ1v) is 9.72. The van der Waals surface area contributed by atoms with E-state index < -0.39 is 0 Å². The van der Waals surface area contributed by atoms with E-state index in [9.17, 15) is 14.7 Å². The lowest BCUT2D eigenvalue weighted by Crippen LogP contribution is -2.51. The predicted octanol–water partition coefficient (Wildman–Crippen LogP) is 1.81. The van der Waals surface area contributed by atoms with E-state index in [2.05, 4.69) is 23.1 Å². The number of hydrogen-bond acceptors (Lipinski definition) is 4. The molecule has 4 rings (SSSR count). The molecule has 5 heteroatoms. The number of ketones is 1. The van der Waals surface area contributed by atoms with Crippen LogP contribution in [0.25, 0.3) is 0 Å². The maximum absolute atomic E-state index is 12.8. The minimum absolute atomic E-state index is 0.0404. The first-order valence-electron chi connectivity index (χ1n) is 9.72. The van der Waals surface area contributed by atoms with Crippen LogP contribution in [-0.2, 0) is 19.9 Å². The summed E-state index contributed by atoms with van der Waals surface area (Å²) >= 11 is 0. The van der Waals surface area contributed by atoms with Crippen LogP contribution in [0.5, 0.6) is 0 Å². The van der Waals surface area contributed by atoms with Crippen molar-refractivity contribution in [1.82, 2.24) is 9.47 Å². The van der Waals surface area contributed by atoms with Crippen molar-refractivity contribution >= 4 is 5.78 Å². The van der Waals surface area contributed by atoms with Crippen LogP contribution in [-0.4, -0.2) is 45.6 Å². The molecule has 27 heavy (non-hydrogen) atoms. The first-order chi connectivity index (χ1) is 13.0. The maximum atomic E-state index is 12.8. The van der Waals surface area contributed by atoms with Crippen molar-refractivity contribution in [3.05, 3.63) is 69.6 Å². The Morgan fingerprint density at radius 2 is 1.74 bits per heavy atom. The Kier molecular flexibility index (Phi) is 4.98. The Bertz CT molecular complexity index is 896. The second-order valence-electron chi connectivity index (χ2n) is 7.85. The molecule has 142 valence electrons. The number of likely N-dealkylation sites (tertiary alicyclic amines) is 1. The molecule has 0 amide bonds. The molecule has 0 spiro atoms. The fourth-order valence-corrected chi connectivity index (χ4v) is 4.48. The van der Waals surface area contributed by atoms with Gasteiger partial charge in [-0.25, -0.2) is 0 Å². The fourth-order valence-electron chi connectivity index (χ4n) is 4.48. The van der Waals surface area contributed by atoms with Gasteiger partial charge < -0.3 is 9.67 Å². The van der Waals surface area contributed by atoms with Crippen molar-refractivity contribution in [2.75, 3.05) is 13.1 Å². The molecule has 1 aliphatic carbocycles. The number of aliphatic hydroxyl groups excluding tert-OH is 1. The number of aliphatic hydroxyl groups is 1. The Hall–Kier alpha value is -2.24. The largest absolute Gasteiger partial charge is 0.391 e. The molecule has 0 unspecified atom stereocenters. The van der Waals surface area contributed by atoms with Crippen molar-refractivity contribution in [3.63, 3.8) is 0 Å². The lowest BCUT2D eigenvalue weighted by molar-refractivity contribution is 0.0239. The van der Waals surface area contributed by atoms with E-state index >= 15 is 0 Å². The van der Waals surface area contributed by atoms with E-state index in [4.69, 9.17) is 0 Å². The Labute approximate surface area is 159 Å². The number of nitrogens with zero attached hydrogens (tertiary/aromatic N) is 2. The lowest BCUT2D eigenvalue weighted by Gasteiger charge is -2.41. The van der Waals surface area contributed by atoms with Crippen molar-refractivity contribution in [2.24, 2.45) is 13.0 Å². The zero-order chi connectivity index (χ0) is 19.0. The number of Topliss-reactive ketones (excluding diaryl/α,β-unsaturated/α-hetero) is 1. The summed E-state index contributed by atoms with van der Waals surface area (Å²) in [6.45, 7) is 1.62. The monoisotopic (exact) mass is 366 g/mol. The summed E-state index contributed by atoms with van der Waals surface area (Å²) in [5.41, 5.74) is 2.94. The molecule has 1 aliphatic heterocycles. The van der Waals surface area contributed by atoms with E-state index in [1.165, 1.54) is 21.8 Å². The summed E-state index contributed by atoms with van der Waals surface area (Å²) in [7, 11) is 1.68. The van der Waals surface area contributed by atoms with Gasteiger partial charge in [-0.3, -0.25) is 14.5 Å². The van der Waals surface area contributed by atoms with Crippen molar-refractivity contribution < 1.29 is 9.90 Å². The summed E-state index contributed by atoms with van der Waals surface area (Å²) in [5.74, 6) is 0.0308. The highest BCUT2D eigenvalue weighted by Gasteiger charge is 2.35. The van der Waals surface area contributed by atoms with Gasteiger partial charge in [-0.1, -0.05) is 24.3 Å². The molecular weight excluding hydrogens is 340 g/mol. The van der Waals surface area contributed by atoms with Gasteiger partial charge in [-0.15, -0.1) is 0 Å². The van der Waals surface area contributed by atoms with Crippen LogP contribution in [0, 0.1) is 5.92 Å². The van der Waals surface area contributed by atoms with E-state index in [-0.39, 0.29) is 29.4 Å². The normalized spacial score (nSPS) is 23.8. The third kappa shape index (κ3) is 3.62. The zero-order valence-electron chi connectivity index (χ0n) is 15.7. The summed E-state index contributed by atoms with van der Waals surface area (Å²) in [6.07, 6.45) is 4.42. The van der Waals surface area contributed by atoms with E-state index in [1.807, 2.05) is 6.07 Å². The number of benzene rings is 1. The Morgan fingerprint density at radius 3 is 2.41 bits per heavy atom. The Morgan fingerprint density at radius 1 is 1.07 bits per heavy atom. The summed E-state index contributed by atoms with van der Waals surface area (Å²) in [5, 5.41) is 10.6. The SMILES string of the molecule is Cn1ccc(C(=O)C2CCN([C@@H]3Cc4ccccc4C[C@H]3O)CC2)cc1=O. The molecular formula is C22H26N2O3. The third-order valence-corrected chi connectivity index (χ3v) is 6.18. The van der Waals surface area contributed by atoms with Crippen molar-refractivity contribution in [1.29, 1.82) is 0 Å². The molecule has 1 N–H and O–H groups in total. The average Bonchev–Trinajstić information content (AvgIpc) is 2.69. The number of aryl methyl sites for hydroxylation is 1. The topological polar surface area (TPSA) is 62.5 Å². The summed E-state index contributed by atoms with van der Waals surface area (Å²) in [4.78, 5) is 26.9. The van der Waals surface area contributed by atoms with Crippen LogP contribution < -0.4 is 5.56 Å². The summed E-state index contributed by atoms with van der Waals surface area (Å²) < 4.78 is 1.47. The molecule has 2 atom stereocenters. The summed E-state index contributed by atoms with van der Waals surface area (Å²) in [6, 6.07) is 11.6. The van der Waals surface area contributed by atoms with Gasteiger partial charge in [0.05, 0.1) is 6.10 Å². The quantitative estimate of drug-likeness (QED) is 0.842. The fraction of sp³-hybridized carbons (Fsp3) is 0.455. The molecule has 5 nitrogen and oxygen atoms in total. The highest BCUT2D eigenvalue weighted by atomic mass is 16.3. The number of carbonyl (C=O) groups excluding carboxylic acids is 1. The molecule has 0 saturated carbocycles. The maximum Gasteiger partial charge on any atom is 0.250 e. The van der Waals surface area contributed by atoms with Crippen LogP contribution in [0.1, 0.15) is 34.3 Å². The van der Waals surface area contributed by atoms with Gasteiger partial charge in [0.25, 0.3) is 5.56 Å². The smallest absolute Gasteiger partial charge is 0.250 e. The number of aromatic nitrogens is 1. The Balaban J connectivity index is 1.41. The van der Waals surface area contributed by atoms with Gasteiger partial charge in [0, 0.05) is 43.3 Å². The van der Waals surface area contributed by atoms with Crippen molar-refractivity contribution in [2.45, 2.75) is 37.8 Å². The molecule has 2 aliphatic rings. The molecule has 1 saturated heterocycles. The average molecular weight is 366 g/mol. The number of piperidine rings is 1. The standard InChI is InChI=1S/C22H26N2O3/c1-23-9-6-18(14-21(23)26)22(27)15-7-10-24(11-8-15)19-12-16-4-2-3-5-17(16)13-20(19)25/h2-6,9,14-15,19-20,25H,7-8,10-13H2,1H3/t19-,20-/m1/s1. The molecule has 1 aromatic heterocycles. The van der Waals surface area contributed by atoms with Gasteiger partial charge in [-0.2, -0.15) is 0 Å². The molecule has 1 aromatic carbocycles.